The molecule has 7 nitrogen and oxygen atoms in total. The molecule has 1 N–H and O–H groups in total. The Kier molecular flexibility index (Phi) is 12.0. The Morgan fingerprint density at radius 3 is 2.15 bits per heavy atom. The zero-order chi connectivity index (χ0) is 33.3. The average Bonchev–Trinajstić information content (AvgIpc) is 3.03. The van der Waals surface area contributed by atoms with Crippen LogP contribution in [0.25, 0.3) is 0 Å². The van der Waals surface area contributed by atoms with Crippen molar-refractivity contribution < 1.29 is 18.0 Å². The summed E-state index contributed by atoms with van der Waals surface area (Å²) in [6.45, 7) is 7.64. The van der Waals surface area contributed by atoms with Crippen molar-refractivity contribution in [1.82, 2.24) is 10.2 Å². The first kappa shape index (κ1) is 34.7. The Bertz CT molecular complexity index is 1740. The normalized spacial score (nSPS) is 11.9. The first-order valence-corrected chi connectivity index (χ1v) is 17.3. The molecule has 242 valence electrons. The molecule has 0 fully saturated rings. The third-order valence-corrected chi connectivity index (χ3v) is 10.1. The monoisotopic (exact) mass is 659 g/mol. The van der Waals surface area contributed by atoms with E-state index in [0.29, 0.717) is 28.4 Å². The number of anilines is 1. The zero-order valence-electron chi connectivity index (χ0n) is 26.9. The summed E-state index contributed by atoms with van der Waals surface area (Å²) in [5.41, 5.74) is 4.50. The Labute approximate surface area is 278 Å². The number of hydrogen-bond acceptors (Lipinski definition) is 4. The van der Waals surface area contributed by atoms with Crippen molar-refractivity contribution in [1.29, 1.82) is 0 Å². The standard InChI is InChI=1S/C37H42ClN3O4S/c1-5-6-22-39-37(43)35(24-30-12-8-7-9-13-30)40(25-31-14-10-11-15-33(31)38)36(42)26-41(34-21-18-28(3)23-29(34)4)46(44,45)32-19-16-27(2)17-20-32/h7-21,23,35H,5-6,22,24-26H2,1-4H3,(H,39,43). The van der Waals surface area contributed by atoms with Crippen molar-refractivity contribution in [3.05, 3.63) is 130 Å². The molecule has 0 radical (unpaired) electrons. The molecule has 46 heavy (non-hydrogen) atoms. The molecule has 2 amide bonds. The fourth-order valence-electron chi connectivity index (χ4n) is 5.31. The second kappa shape index (κ2) is 15.9. The van der Waals surface area contributed by atoms with E-state index in [0.717, 1.165) is 33.8 Å². The van der Waals surface area contributed by atoms with Crippen molar-refractivity contribution >= 4 is 39.1 Å². The van der Waals surface area contributed by atoms with Gasteiger partial charge in [-0.3, -0.25) is 13.9 Å². The van der Waals surface area contributed by atoms with Crippen LogP contribution in [0.2, 0.25) is 5.02 Å². The lowest BCUT2D eigenvalue weighted by atomic mass is 10.0. The number of rotatable bonds is 14. The van der Waals surface area contributed by atoms with Crippen molar-refractivity contribution in [3.8, 4) is 0 Å². The van der Waals surface area contributed by atoms with Gasteiger partial charge in [-0.1, -0.05) is 109 Å². The molecule has 0 saturated carbocycles. The second-order valence-electron chi connectivity index (χ2n) is 11.6. The molecule has 0 heterocycles. The van der Waals surface area contributed by atoms with E-state index in [-0.39, 0.29) is 23.8 Å². The van der Waals surface area contributed by atoms with Gasteiger partial charge in [-0.25, -0.2) is 8.42 Å². The molecule has 1 atom stereocenters. The zero-order valence-corrected chi connectivity index (χ0v) is 28.4. The van der Waals surface area contributed by atoms with Crippen LogP contribution in [0.3, 0.4) is 0 Å². The molecule has 0 aliphatic rings. The van der Waals surface area contributed by atoms with Gasteiger partial charge in [0.2, 0.25) is 11.8 Å². The molecule has 0 aromatic heterocycles. The van der Waals surface area contributed by atoms with Crippen LogP contribution in [0, 0.1) is 20.8 Å². The summed E-state index contributed by atoms with van der Waals surface area (Å²) in [5, 5.41) is 3.45. The molecular weight excluding hydrogens is 618 g/mol. The molecule has 0 saturated heterocycles. The molecule has 0 aliphatic heterocycles. The largest absolute Gasteiger partial charge is 0.354 e. The van der Waals surface area contributed by atoms with Gasteiger partial charge in [-0.05, 0) is 68.1 Å². The van der Waals surface area contributed by atoms with E-state index < -0.39 is 28.5 Å². The molecule has 4 rings (SSSR count). The minimum atomic E-state index is -4.18. The smallest absolute Gasteiger partial charge is 0.264 e. The molecule has 0 aliphatic carbocycles. The van der Waals surface area contributed by atoms with Crippen LogP contribution >= 0.6 is 11.6 Å². The third kappa shape index (κ3) is 8.77. The molecular formula is C37H42ClN3O4S. The molecule has 1 unspecified atom stereocenters. The Balaban J connectivity index is 1.82. The van der Waals surface area contributed by atoms with Crippen LogP contribution in [-0.2, 0) is 32.6 Å². The minimum absolute atomic E-state index is 0.0164. The summed E-state index contributed by atoms with van der Waals surface area (Å²) in [6.07, 6.45) is 1.93. The maximum atomic E-state index is 14.6. The number of unbranched alkanes of at least 4 members (excludes halogenated alkanes) is 1. The Hall–Kier alpha value is -4.14. The number of sulfonamides is 1. The van der Waals surface area contributed by atoms with Gasteiger partial charge in [0.25, 0.3) is 10.0 Å². The Morgan fingerprint density at radius 2 is 1.50 bits per heavy atom. The quantitative estimate of drug-likeness (QED) is 0.148. The van der Waals surface area contributed by atoms with Gasteiger partial charge in [0, 0.05) is 24.5 Å². The van der Waals surface area contributed by atoms with Crippen molar-refractivity contribution in [2.75, 3.05) is 17.4 Å². The van der Waals surface area contributed by atoms with Crippen molar-refractivity contribution in [2.45, 2.75) is 64.4 Å². The molecule has 4 aromatic rings. The topological polar surface area (TPSA) is 86.8 Å². The highest BCUT2D eigenvalue weighted by atomic mass is 35.5. The van der Waals surface area contributed by atoms with Crippen molar-refractivity contribution in [3.63, 3.8) is 0 Å². The predicted octanol–water partition coefficient (Wildman–Crippen LogP) is 7.02. The number of carbonyl (C=O) groups is 2. The van der Waals surface area contributed by atoms with Gasteiger partial charge in [0.15, 0.2) is 0 Å². The highest BCUT2D eigenvalue weighted by Gasteiger charge is 2.35. The minimum Gasteiger partial charge on any atom is -0.354 e. The number of aryl methyl sites for hydroxylation is 3. The fraction of sp³-hybridized carbons (Fsp3) is 0.297. The summed E-state index contributed by atoms with van der Waals surface area (Å²) >= 11 is 6.58. The lowest BCUT2D eigenvalue weighted by molar-refractivity contribution is -0.140. The van der Waals surface area contributed by atoms with Gasteiger partial charge in [0.05, 0.1) is 10.6 Å². The summed E-state index contributed by atoms with van der Waals surface area (Å²) in [5.74, 6) is -0.834. The van der Waals surface area contributed by atoms with Crippen LogP contribution < -0.4 is 9.62 Å². The van der Waals surface area contributed by atoms with Crippen molar-refractivity contribution in [2.24, 2.45) is 0 Å². The van der Waals surface area contributed by atoms with Crippen LogP contribution in [0.5, 0.6) is 0 Å². The second-order valence-corrected chi connectivity index (χ2v) is 13.8. The summed E-state index contributed by atoms with van der Waals surface area (Å²) < 4.78 is 29.7. The molecule has 9 heteroatoms. The van der Waals surface area contributed by atoms with Gasteiger partial charge < -0.3 is 10.2 Å². The number of halogens is 1. The SMILES string of the molecule is CCCCNC(=O)C(Cc1ccccc1)N(Cc1ccccc1Cl)C(=O)CN(c1ccc(C)cc1C)S(=O)(=O)c1ccc(C)cc1. The van der Waals surface area contributed by atoms with Gasteiger partial charge >= 0.3 is 0 Å². The van der Waals surface area contributed by atoms with Crippen LogP contribution in [0.4, 0.5) is 5.69 Å². The summed E-state index contributed by atoms with van der Waals surface area (Å²) in [4.78, 5) is 30.0. The maximum absolute atomic E-state index is 14.6. The summed E-state index contributed by atoms with van der Waals surface area (Å²) in [6, 6.07) is 27.7. The number of nitrogens with one attached hydrogen (secondary N) is 1. The number of amides is 2. The lowest BCUT2D eigenvalue weighted by Crippen LogP contribution is -2.53. The van der Waals surface area contributed by atoms with E-state index in [2.05, 4.69) is 5.32 Å². The van der Waals surface area contributed by atoms with Crippen LogP contribution in [0.1, 0.15) is 47.6 Å². The fourth-order valence-corrected chi connectivity index (χ4v) is 6.98. The number of carbonyl (C=O) groups excluding carboxylic acids is 2. The number of nitrogens with zero attached hydrogens (tertiary/aromatic N) is 2. The van der Waals surface area contributed by atoms with E-state index in [4.69, 9.17) is 11.6 Å². The highest BCUT2D eigenvalue weighted by molar-refractivity contribution is 7.92. The van der Waals surface area contributed by atoms with E-state index >= 15 is 0 Å². The lowest BCUT2D eigenvalue weighted by Gasteiger charge is -2.34. The van der Waals surface area contributed by atoms with Gasteiger partial charge in [-0.15, -0.1) is 0 Å². The van der Waals surface area contributed by atoms with Gasteiger partial charge in [0.1, 0.15) is 12.6 Å². The first-order chi connectivity index (χ1) is 22.0. The highest BCUT2D eigenvalue weighted by Crippen LogP contribution is 2.29. The molecule has 0 bridgehead atoms. The van der Waals surface area contributed by atoms with Crippen LogP contribution in [-0.4, -0.2) is 44.3 Å². The van der Waals surface area contributed by atoms with E-state index in [1.807, 2.05) is 82.3 Å². The summed E-state index contributed by atoms with van der Waals surface area (Å²) in [7, 11) is -4.18. The maximum Gasteiger partial charge on any atom is 0.264 e. The Morgan fingerprint density at radius 1 is 0.848 bits per heavy atom. The van der Waals surface area contributed by atoms with E-state index in [1.165, 1.54) is 4.90 Å². The van der Waals surface area contributed by atoms with E-state index in [1.54, 1.807) is 42.5 Å². The number of hydrogen-bond donors (Lipinski definition) is 1. The van der Waals surface area contributed by atoms with E-state index in [9.17, 15) is 18.0 Å². The van der Waals surface area contributed by atoms with Crippen LogP contribution in [0.15, 0.2) is 102 Å². The molecule has 4 aromatic carbocycles. The predicted molar refractivity (Wildman–Crippen MR) is 185 cm³/mol. The third-order valence-electron chi connectivity index (χ3n) is 7.91. The first-order valence-electron chi connectivity index (χ1n) is 15.5. The average molecular weight is 660 g/mol. The number of benzene rings is 4. The molecule has 0 spiro atoms. The van der Waals surface area contributed by atoms with Gasteiger partial charge in [-0.2, -0.15) is 0 Å².